The highest BCUT2D eigenvalue weighted by molar-refractivity contribution is 6.01. The van der Waals surface area contributed by atoms with Gasteiger partial charge in [-0.25, -0.2) is 10.4 Å². The first kappa shape index (κ1) is 34.0. The van der Waals surface area contributed by atoms with Crippen molar-refractivity contribution in [3.05, 3.63) is 166 Å². The molecule has 0 spiro atoms. The molecule has 10 heteroatoms. The van der Waals surface area contributed by atoms with Crippen molar-refractivity contribution in [2.24, 2.45) is 10.1 Å². The quantitative estimate of drug-likeness (QED) is 0.0351. The molecule has 1 heterocycles. The van der Waals surface area contributed by atoms with Crippen molar-refractivity contribution in [2.45, 2.75) is 30.9 Å². The molecule has 50 heavy (non-hydrogen) atoms. The Labute approximate surface area is 291 Å². The molecule has 5 aromatic rings. The number of aliphatic hydroxyl groups is 1. The van der Waals surface area contributed by atoms with E-state index >= 15 is 0 Å². The van der Waals surface area contributed by atoms with Gasteiger partial charge in [0.05, 0.1) is 6.61 Å². The van der Waals surface area contributed by atoms with Crippen molar-refractivity contribution in [2.75, 3.05) is 19.8 Å². The number of carbonyl (C=O) groups excluding carboxylic acids is 1. The summed E-state index contributed by atoms with van der Waals surface area (Å²) in [5.41, 5.74) is 19.6. The number of nitrogens with one attached hydrogen (secondary N) is 2. The van der Waals surface area contributed by atoms with Crippen LogP contribution in [0.15, 0.2) is 144 Å². The Balaban J connectivity index is 1.39. The third kappa shape index (κ3) is 8.02. The summed E-state index contributed by atoms with van der Waals surface area (Å²) < 4.78 is 12.4. The number of aliphatic hydroxyl groups excluding tert-OH is 1. The standard InChI is InChI=1S/C40H38N6O4/c41-46-44-36-15-8-7-14-34(36)28-40(39(48)45-42-25-24-29-10-3-1-4-11-29)37(32-18-16-31(17-19-32)30-12-5-2-6-13-30)50-38(43-40)33-20-22-35(23-21-33)49-27-9-26-47/h1-8,10-23,37,42,47H,9,24-28H2,(H,45,48)/t37-,40-/m0/s1. The van der Waals surface area contributed by atoms with Gasteiger partial charge < -0.3 is 14.6 Å². The number of rotatable bonds is 15. The van der Waals surface area contributed by atoms with Crippen LogP contribution in [0.2, 0.25) is 0 Å². The van der Waals surface area contributed by atoms with E-state index < -0.39 is 17.6 Å². The normalized spacial score (nSPS) is 16.5. The number of nitrogens with zero attached hydrogens (tertiary/aromatic N) is 4. The van der Waals surface area contributed by atoms with E-state index in [1.165, 1.54) is 0 Å². The molecule has 0 aliphatic carbocycles. The van der Waals surface area contributed by atoms with Crippen LogP contribution in [0, 0.1) is 0 Å². The first-order chi connectivity index (χ1) is 24.6. The average molecular weight is 667 g/mol. The zero-order valence-electron chi connectivity index (χ0n) is 27.5. The van der Waals surface area contributed by atoms with E-state index in [1.807, 2.05) is 121 Å². The van der Waals surface area contributed by atoms with E-state index in [0.717, 1.165) is 22.3 Å². The summed E-state index contributed by atoms with van der Waals surface area (Å²) in [4.78, 5) is 22.7. The Hall–Kier alpha value is -5.93. The second-order valence-electron chi connectivity index (χ2n) is 11.9. The predicted octanol–water partition coefficient (Wildman–Crippen LogP) is 7.42. The first-order valence-electron chi connectivity index (χ1n) is 16.6. The van der Waals surface area contributed by atoms with Gasteiger partial charge in [0, 0.05) is 42.2 Å². The van der Waals surface area contributed by atoms with Crippen molar-refractivity contribution >= 4 is 17.5 Å². The van der Waals surface area contributed by atoms with Crippen molar-refractivity contribution in [3.63, 3.8) is 0 Å². The van der Waals surface area contributed by atoms with E-state index in [2.05, 4.69) is 20.9 Å². The molecular weight excluding hydrogens is 628 g/mol. The fourth-order valence-electron chi connectivity index (χ4n) is 5.96. The highest BCUT2D eigenvalue weighted by Crippen LogP contribution is 2.44. The van der Waals surface area contributed by atoms with Crippen LogP contribution in [0.5, 0.6) is 5.75 Å². The van der Waals surface area contributed by atoms with Crippen molar-refractivity contribution in [1.82, 2.24) is 10.9 Å². The monoisotopic (exact) mass is 666 g/mol. The van der Waals surface area contributed by atoms with Crippen LogP contribution in [0.25, 0.3) is 21.6 Å². The second-order valence-corrected chi connectivity index (χ2v) is 11.9. The molecular formula is C40H38N6O4. The van der Waals surface area contributed by atoms with Crippen LogP contribution in [0.4, 0.5) is 5.69 Å². The molecule has 5 aromatic carbocycles. The SMILES string of the molecule is [N-]=[N+]=Nc1ccccc1C[C@]1(C(=O)NNCCc2ccccc2)N=C(c2ccc(OCCCO)cc2)O[C@H]1c1ccc(-c2ccccc2)cc1. The van der Waals surface area contributed by atoms with Gasteiger partial charge in [0.25, 0.3) is 5.91 Å². The minimum Gasteiger partial charge on any atom is -0.494 e. The van der Waals surface area contributed by atoms with Gasteiger partial charge in [-0.1, -0.05) is 114 Å². The van der Waals surface area contributed by atoms with Crippen LogP contribution in [-0.4, -0.2) is 42.2 Å². The number of hydrazine groups is 1. The molecule has 0 aromatic heterocycles. The maximum atomic E-state index is 14.6. The smallest absolute Gasteiger partial charge is 0.266 e. The van der Waals surface area contributed by atoms with Crippen molar-refractivity contribution < 1.29 is 19.4 Å². The van der Waals surface area contributed by atoms with Gasteiger partial charge in [-0.2, -0.15) is 0 Å². The Morgan fingerprint density at radius 3 is 2.24 bits per heavy atom. The fraction of sp³-hybridized carbons (Fsp3) is 0.200. The molecule has 1 aliphatic heterocycles. The van der Waals surface area contributed by atoms with Crippen molar-refractivity contribution in [3.8, 4) is 16.9 Å². The molecule has 10 nitrogen and oxygen atoms in total. The number of benzene rings is 5. The molecule has 2 atom stereocenters. The van der Waals surface area contributed by atoms with Crippen LogP contribution >= 0.6 is 0 Å². The Morgan fingerprint density at radius 1 is 0.860 bits per heavy atom. The Bertz CT molecular complexity index is 1950. The number of hydrogen-bond acceptors (Lipinski definition) is 7. The summed E-state index contributed by atoms with van der Waals surface area (Å²) in [7, 11) is 0. The lowest BCUT2D eigenvalue weighted by Gasteiger charge is -2.31. The maximum absolute atomic E-state index is 14.6. The highest BCUT2D eigenvalue weighted by atomic mass is 16.5. The molecule has 0 unspecified atom stereocenters. The molecule has 0 radical (unpaired) electrons. The van der Waals surface area contributed by atoms with E-state index in [1.54, 1.807) is 12.1 Å². The number of hydrogen-bond donors (Lipinski definition) is 3. The fourth-order valence-corrected chi connectivity index (χ4v) is 5.96. The lowest BCUT2D eigenvalue weighted by atomic mass is 9.81. The molecule has 0 bridgehead atoms. The van der Waals surface area contributed by atoms with Crippen LogP contribution < -0.4 is 15.6 Å². The number of amides is 1. The van der Waals surface area contributed by atoms with Crippen molar-refractivity contribution in [1.29, 1.82) is 0 Å². The molecule has 3 N–H and O–H groups in total. The van der Waals surface area contributed by atoms with Gasteiger partial charge >= 0.3 is 0 Å². The van der Waals surface area contributed by atoms with Gasteiger partial charge in [-0.05, 0) is 64.0 Å². The topological polar surface area (TPSA) is 141 Å². The summed E-state index contributed by atoms with van der Waals surface area (Å²) in [5, 5.41) is 13.0. The molecule has 0 saturated heterocycles. The molecule has 6 rings (SSSR count). The largest absolute Gasteiger partial charge is 0.494 e. The molecule has 0 fully saturated rings. The molecule has 0 saturated carbocycles. The highest BCUT2D eigenvalue weighted by Gasteiger charge is 2.53. The summed E-state index contributed by atoms with van der Waals surface area (Å²) in [6, 6.07) is 42.5. The third-order valence-corrected chi connectivity index (χ3v) is 8.54. The maximum Gasteiger partial charge on any atom is 0.266 e. The number of carbonyl (C=O) groups is 1. The van der Waals surface area contributed by atoms with E-state index in [9.17, 15) is 10.3 Å². The summed E-state index contributed by atoms with van der Waals surface area (Å²) >= 11 is 0. The minimum atomic E-state index is -1.50. The third-order valence-electron chi connectivity index (χ3n) is 8.54. The Kier molecular flexibility index (Phi) is 11.2. The van der Waals surface area contributed by atoms with Gasteiger partial charge in [0.2, 0.25) is 5.90 Å². The van der Waals surface area contributed by atoms with Gasteiger partial charge in [0.1, 0.15) is 5.75 Å². The van der Waals surface area contributed by atoms with Gasteiger partial charge in [-0.15, -0.1) is 0 Å². The minimum absolute atomic E-state index is 0.0461. The van der Waals surface area contributed by atoms with Gasteiger partial charge in [0.15, 0.2) is 11.6 Å². The second kappa shape index (κ2) is 16.5. The van der Waals surface area contributed by atoms with E-state index in [-0.39, 0.29) is 13.0 Å². The number of aliphatic imine (C=N–C) groups is 1. The predicted molar refractivity (Wildman–Crippen MR) is 194 cm³/mol. The van der Waals surface area contributed by atoms with Crippen LogP contribution in [-0.2, 0) is 22.4 Å². The van der Waals surface area contributed by atoms with E-state index in [4.69, 9.17) is 19.6 Å². The van der Waals surface area contributed by atoms with E-state index in [0.29, 0.717) is 54.5 Å². The average Bonchev–Trinajstić information content (AvgIpc) is 3.56. The molecule has 1 aliphatic rings. The summed E-state index contributed by atoms with van der Waals surface area (Å²) in [5.74, 6) is 0.547. The van der Waals surface area contributed by atoms with Crippen LogP contribution in [0.3, 0.4) is 0 Å². The Morgan fingerprint density at radius 2 is 1.52 bits per heavy atom. The number of azide groups is 1. The molecule has 252 valence electrons. The summed E-state index contributed by atoms with van der Waals surface area (Å²) in [6.45, 7) is 0.927. The number of ether oxygens (including phenoxy) is 2. The zero-order chi connectivity index (χ0) is 34.6. The van der Waals surface area contributed by atoms with Gasteiger partial charge in [-0.3, -0.25) is 10.2 Å². The zero-order valence-corrected chi connectivity index (χ0v) is 27.5. The molecule has 1 amide bonds. The summed E-state index contributed by atoms with van der Waals surface area (Å²) in [6.07, 6.45) is 0.482. The lowest BCUT2D eigenvalue weighted by Crippen LogP contribution is -2.54. The first-order valence-corrected chi connectivity index (χ1v) is 16.6. The van der Waals surface area contributed by atoms with Crippen LogP contribution in [0.1, 0.15) is 34.8 Å². The lowest BCUT2D eigenvalue weighted by molar-refractivity contribution is -0.130.